The maximum absolute atomic E-state index is 11.2. The number of urea groups is 1. The van der Waals surface area contributed by atoms with E-state index in [2.05, 4.69) is 0 Å². The van der Waals surface area contributed by atoms with Crippen LogP contribution in [0, 0.1) is 0 Å². The van der Waals surface area contributed by atoms with Gasteiger partial charge < -0.3 is 16.4 Å². The molecule has 1 rings (SSSR count). The topological polar surface area (TPSA) is 72.3 Å². The Morgan fingerprint density at radius 3 is 2.14 bits per heavy atom. The fraction of sp³-hybridized carbons (Fsp3) is 0.900. The zero-order valence-corrected chi connectivity index (χ0v) is 8.96. The van der Waals surface area contributed by atoms with Gasteiger partial charge in [-0.2, -0.15) is 0 Å². The van der Waals surface area contributed by atoms with E-state index >= 15 is 0 Å². The third-order valence-electron chi connectivity index (χ3n) is 3.46. The summed E-state index contributed by atoms with van der Waals surface area (Å²) in [6, 6.07) is -0.364. The quantitative estimate of drug-likeness (QED) is 0.652. The van der Waals surface area contributed by atoms with E-state index in [1.54, 1.807) is 11.9 Å². The summed E-state index contributed by atoms with van der Waals surface area (Å²) < 4.78 is 0. The molecule has 0 aromatic heterocycles. The zero-order chi connectivity index (χ0) is 10.6. The SMILES string of the molecule is CN(C(N)=O)C1(CN)CCCCCC1. The van der Waals surface area contributed by atoms with E-state index in [0.717, 1.165) is 25.7 Å². The molecule has 4 N–H and O–H groups in total. The van der Waals surface area contributed by atoms with Crippen molar-refractivity contribution in [2.24, 2.45) is 11.5 Å². The predicted molar refractivity (Wildman–Crippen MR) is 56.8 cm³/mol. The highest BCUT2D eigenvalue weighted by molar-refractivity contribution is 5.72. The van der Waals surface area contributed by atoms with Crippen molar-refractivity contribution in [1.29, 1.82) is 0 Å². The molecule has 0 aromatic rings. The lowest BCUT2D eigenvalue weighted by Gasteiger charge is -2.39. The molecule has 0 saturated heterocycles. The summed E-state index contributed by atoms with van der Waals surface area (Å²) in [5.74, 6) is 0. The third-order valence-corrected chi connectivity index (χ3v) is 3.46. The number of carbonyl (C=O) groups excluding carboxylic acids is 1. The van der Waals surface area contributed by atoms with Crippen LogP contribution in [0.25, 0.3) is 0 Å². The van der Waals surface area contributed by atoms with Gasteiger partial charge in [-0.05, 0) is 12.8 Å². The summed E-state index contributed by atoms with van der Waals surface area (Å²) in [6.45, 7) is 0.520. The number of nitrogens with zero attached hydrogens (tertiary/aromatic N) is 1. The first-order valence-electron chi connectivity index (χ1n) is 5.36. The smallest absolute Gasteiger partial charge is 0.315 e. The maximum Gasteiger partial charge on any atom is 0.315 e. The largest absolute Gasteiger partial charge is 0.351 e. The molecule has 0 atom stereocenters. The molecule has 0 unspecified atom stereocenters. The van der Waals surface area contributed by atoms with Gasteiger partial charge in [-0.1, -0.05) is 25.7 Å². The number of nitrogens with two attached hydrogens (primary N) is 2. The summed E-state index contributed by atoms with van der Waals surface area (Å²) in [7, 11) is 1.76. The van der Waals surface area contributed by atoms with Gasteiger partial charge in [0.15, 0.2) is 0 Å². The Bertz CT molecular complexity index is 198. The number of amides is 2. The Kier molecular flexibility index (Phi) is 3.75. The van der Waals surface area contributed by atoms with Crippen LogP contribution >= 0.6 is 0 Å². The second kappa shape index (κ2) is 4.64. The van der Waals surface area contributed by atoms with Crippen LogP contribution in [0.5, 0.6) is 0 Å². The number of carbonyl (C=O) groups is 1. The average molecular weight is 199 g/mol. The molecule has 1 saturated carbocycles. The van der Waals surface area contributed by atoms with E-state index in [9.17, 15) is 4.79 Å². The van der Waals surface area contributed by atoms with E-state index in [1.807, 2.05) is 0 Å². The summed E-state index contributed by atoms with van der Waals surface area (Å²) >= 11 is 0. The van der Waals surface area contributed by atoms with E-state index < -0.39 is 0 Å². The summed E-state index contributed by atoms with van der Waals surface area (Å²) in [5, 5.41) is 0. The zero-order valence-electron chi connectivity index (χ0n) is 8.96. The first kappa shape index (κ1) is 11.3. The Balaban J connectivity index is 2.76. The predicted octanol–water partition coefficient (Wildman–Crippen LogP) is 1.05. The van der Waals surface area contributed by atoms with Gasteiger partial charge in [-0.3, -0.25) is 0 Å². The molecule has 2 amide bonds. The van der Waals surface area contributed by atoms with Crippen LogP contribution in [0.2, 0.25) is 0 Å². The fourth-order valence-electron chi connectivity index (χ4n) is 2.30. The Labute approximate surface area is 85.6 Å². The van der Waals surface area contributed by atoms with E-state index in [-0.39, 0.29) is 11.6 Å². The molecule has 1 aliphatic carbocycles. The van der Waals surface area contributed by atoms with Crippen LogP contribution in [-0.2, 0) is 0 Å². The fourth-order valence-corrected chi connectivity index (χ4v) is 2.30. The average Bonchev–Trinajstić information content (AvgIpc) is 2.42. The molecular formula is C10H21N3O. The molecule has 1 aliphatic rings. The van der Waals surface area contributed by atoms with Crippen LogP contribution in [-0.4, -0.2) is 30.1 Å². The van der Waals surface area contributed by atoms with E-state index in [1.165, 1.54) is 12.8 Å². The van der Waals surface area contributed by atoms with Crippen LogP contribution in [0.4, 0.5) is 4.79 Å². The highest BCUT2D eigenvalue weighted by Crippen LogP contribution is 2.30. The summed E-state index contributed by atoms with van der Waals surface area (Å²) in [4.78, 5) is 12.8. The van der Waals surface area contributed by atoms with Gasteiger partial charge in [-0.15, -0.1) is 0 Å². The highest BCUT2D eigenvalue weighted by atomic mass is 16.2. The van der Waals surface area contributed by atoms with Gasteiger partial charge in [-0.25, -0.2) is 4.79 Å². The van der Waals surface area contributed by atoms with Crippen LogP contribution in [0.3, 0.4) is 0 Å². The minimum Gasteiger partial charge on any atom is -0.351 e. The van der Waals surface area contributed by atoms with Gasteiger partial charge in [0.2, 0.25) is 0 Å². The van der Waals surface area contributed by atoms with Crippen molar-refractivity contribution < 1.29 is 4.79 Å². The molecule has 0 bridgehead atoms. The van der Waals surface area contributed by atoms with Crippen LogP contribution in [0.15, 0.2) is 0 Å². The van der Waals surface area contributed by atoms with E-state index in [0.29, 0.717) is 6.54 Å². The first-order chi connectivity index (χ1) is 6.62. The van der Waals surface area contributed by atoms with Crippen molar-refractivity contribution in [3.05, 3.63) is 0 Å². The molecule has 0 spiro atoms. The molecule has 4 heteroatoms. The van der Waals surface area contributed by atoms with Crippen molar-refractivity contribution >= 4 is 6.03 Å². The molecule has 4 nitrogen and oxygen atoms in total. The summed E-state index contributed by atoms with van der Waals surface area (Å²) in [5.41, 5.74) is 10.9. The number of hydrogen-bond donors (Lipinski definition) is 2. The molecule has 1 fully saturated rings. The minimum absolute atomic E-state index is 0.178. The van der Waals surface area contributed by atoms with Gasteiger partial charge in [0.05, 0.1) is 5.54 Å². The lowest BCUT2D eigenvalue weighted by Crippen LogP contribution is -2.55. The molecule has 0 aromatic carbocycles. The minimum atomic E-state index is -0.364. The lowest BCUT2D eigenvalue weighted by molar-refractivity contribution is 0.131. The second-order valence-corrected chi connectivity index (χ2v) is 4.24. The van der Waals surface area contributed by atoms with Gasteiger partial charge >= 0.3 is 6.03 Å². The van der Waals surface area contributed by atoms with Crippen LogP contribution < -0.4 is 11.5 Å². The molecule has 0 radical (unpaired) electrons. The first-order valence-corrected chi connectivity index (χ1v) is 5.36. The van der Waals surface area contributed by atoms with Gasteiger partial charge in [0.25, 0.3) is 0 Å². The molecule has 0 heterocycles. The number of hydrogen-bond acceptors (Lipinski definition) is 2. The van der Waals surface area contributed by atoms with Crippen LogP contribution in [0.1, 0.15) is 38.5 Å². The number of likely N-dealkylation sites (N-methyl/N-ethyl adjacent to an activating group) is 1. The van der Waals surface area contributed by atoms with Crippen molar-refractivity contribution in [1.82, 2.24) is 4.90 Å². The third kappa shape index (κ3) is 2.18. The van der Waals surface area contributed by atoms with E-state index in [4.69, 9.17) is 11.5 Å². The molecule has 0 aliphatic heterocycles. The Morgan fingerprint density at radius 2 is 1.79 bits per heavy atom. The van der Waals surface area contributed by atoms with Crippen molar-refractivity contribution in [3.63, 3.8) is 0 Å². The summed E-state index contributed by atoms with van der Waals surface area (Å²) in [6.07, 6.45) is 6.76. The standard InChI is InChI=1S/C10H21N3O/c1-13(9(12)14)10(8-11)6-4-2-3-5-7-10/h2-8,11H2,1H3,(H2,12,14). The lowest BCUT2D eigenvalue weighted by atomic mass is 9.89. The Hall–Kier alpha value is -0.770. The highest BCUT2D eigenvalue weighted by Gasteiger charge is 2.35. The maximum atomic E-state index is 11.2. The number of primary amides is 1. The monoisotopic (exact) mass is 199 g/mol. The van der Waals surface area contributed by atoms with Crippen molar-refractivity contribution in [3.8, 4) is 0 Å². The molecular weight excluding hydrogens is 178 g/mol. The number of rotatable bonds is 2. The molecule has 14 heavy (non-hydrogen) atoms. The Morgan fingerprint density at radius 1 is 1.29 bits per heavy atom. The van der Waals surface area contributed by atoms with Crippen molar-refractivity contribution in [2.75, 3.05) is 13.6 Å². The second-order valence-electron chi connectivity index (χ2n) is 4.24. The van der Waals surface area contributed by atoms with Crippen molar-refractivity contribution in [2.45, 2.75) is 44.1 Å². The van der Waals surface area contributed by atoms with Gasteiger partial charge in [0.1, 0.15) is 0 Å². The molecule has 82 valence electrons. The normalized spacial score (nSPS) is 21.3. The van der Waals surface area contributed by atoms with Gasteiger partial charge in [0, 0.05) is 13.6 Å².